The second-order valence-corrected chi connectivity index (χ2v) is 4.71. The van der Waals surface area contributed by atoms with E-state index in [0.29, 0.717) is 17.7 Å². The van der Waals surface area contributed by atoms with Crippen molar-refractivity contribution in [2.24, 2.45) is 0 Å². The zero-order valence-electron chi connectivity index (χ0n) is 11.7. The molecule has 0 fully saturated rings. The van der Waals surface area contributed by atoms with Gasteiger partial charge in [0.25, 0.3) is 0 Å². The maximum Gasteiger partial charge on any atom is 0.416 e. The second-order valence-electron chi connectivity index (χ2n) is 4.71. The van der Waals surface area contributed by atoms with Crippen LogP contribution in [0.3, 0.4) is 0 Å². The molecule has 5 heteroatoms. The third-order valence-corrected chi connectivity index (χ3v) is 3.48. The third-order valence-electron chi connectivity index (χ3n) is 3.48. The van der Waals surface area contributed by atoms with Gasteiger partial charge in [0, 0.05) is 12.7 Å². The fourth-order valence-electron chi connectivity index (χ4n) is 2.63. The van der Waals surface area contributed by atoms with E-state index in [1.54, 1.807) is 0 Å². The Kier molecular flexibility index (Phi) is 4.09. The zero-order valence-corrected chi connectivity index (χ0v) is 11.7. The summed E-state index contributed by atoms with van der Waals surface area (Å²) in [5, 5.41) is 0. The third kappa shape index (κ3) is 2.42. The largest absolute Gasteiger partial charge is 0.498 e. The van der Waals surface area contributed by atoms with Gasteiger partial charge in [-0.1, -0.05) is 19.4 Å². The highest BCUT2D eigenvalue weighted by molar-refractivity contribution is 5.77. The fraction of sp³-hybridized carbons (Fsp3) is 0.467. The summed E-state index contributed by atoms with van der Waals surface area (Å²) >= 11 is 0. The maximum absolute atomic E-state index is 12.8. The Bertz CT molecular complexity index is 532. The van der Waals surface area contributed by atoms with Crippen molar-refractivity contribution < 1.29 is 22.6 Å². The van der Waals surface area contributed by atoms with Crippen molar-refractivity contribution in [3.05, 3.63) is 40.6 Å². The molecule has 0 N–H and O–H groups in total. The standard InChI is InChI=1S/C15H17F3O2/c1-4-5-10-12-8-9(15(16,17)18)6-7-11(12)14(20-3)13(10)19-2/h6-8,14H,4-5H2,1-3H3. The van der Waals surface area contributed by atoms with E-state index in [0.717, 1.165) is 23.6 Å². The number of allylic oxidation sites excluding steroid dienone is 1. The summed E-state index contributed by atoms with van der Waals surface area (Å²) < 4.78 is 49.3. The molecule has 1 aliphatic rings. The molecule has 0 saturated heterocycles. The molecule has 1 unspecified atom stereocenters. The van der Waals surface area contributed by atoms with Gasteiger partial charge in [0.05, 0.1) is 12.7 Å². The molecule has 0 heterocycles. The van der Waals surface area contributed by atoms with Crippen molar-refractivity contribution in [3.63, 3.8) is 0 Å². The number of fused-ring (bicyclic) bond motifs is 1. The van der Waals surface area contributed by atoms with Crippen LogP contribution in [0.5, 0.6) is 0 Å². The van der Waals surface area contributed by atoms with Crippen molar-refractivity contribution in [1.29, 1.82) is 0 Å². The molecular formula is C15H17F3O2. The van der Waals surface area contributed by atoms with Gasteiger partial charge in [0.1, 0.15) is 11.9 Å². The number of methoxy groups -OCH3 is 2. The van der Waals surface area contributed by atoms with Crippen molar-refractivity contribution in [3.8, 4) is 0 Å². The molecule has 2 nitrogen and oxygen atoms in total. The number of benzene rings is 1. The number of rotatable bonds is 4. The fourth-order valence-corrected chi connectivity index (χ4v) is 2.63. The first-order chi connectivity index (χ1) is 9.43. The minimum atomic E-state index is -4.34. The molecule has 0 saturated carbocycles. The van der Waals surface area contributed by atoms with Gasteiger partial charge in [-0.3, -0.25) is 0 Å². The van der Waals surface area contributed by atoms with Crippen LogP contribution in [-0.4, -0.2) is 14.2 Å². The topological polar surface area (TPSA) is 18.5 Å². The molecule has 1 atom stereocenters. The molecule has 110 valence electrons. The first-order valence-electron chi connectivity index (χ1n) is 6.45. The molecule has 1 aliphatic carbocycles. The van der Waals surface area contributed by atoms with Crippen LogP contribution in [0, 0.1) is 0 Å². The van der Waals surface area contributed by atoms with E-state index in [4.69, 9.17) is 9.47 Å². The number of hydrogen-bond donors (Lipinski definition) is 0. The van der Waals surface area contributed by atoms with E-state index in [1.165, 1.54) is 26.4 Å². The number of hydrogen-bond acceptors (Lipinski definition) is 2. The van der Waals surface area contributed by atoms with Crippen molar-refractivity contribution in [1.82, 2.24) is 0 Å². The summed E-state index contributed by atoms with van der Waals surface area (Å²) in [6.45, 7) is 1.98. The van der Waals surface area contributed by atoms with Crippen molar-refractivity contribution in [2.45, 2.75) is 32.0 Å². The SMILES string of the molecule is CCCC1=C(OC)C(OC)c2ccc(C(F)(F)F)cc21. The average Bonchev–Trinajstić information content (AvgIpc) is 2.70. The Morgan fingerprint density at radius 3 is 2.40 bits per heavy atom. The summed E-state index contributed by atoms with van der Waals surface area (Å²) in [4.78, 5) is 0. The first kappa shape index (κ1) is 14.9. The first-order valence-corrected chi connectivity index (χ1v) is 6.45. The van der Waals surface area contributed by atoms with E-state index in [9.17, 15) is 13.2 Å². The Morgan fingerprint density at radius 2 is 1.90 bits per heavy atom. The second kappa shape index (κ2) is 5.48. The molecule has 0 bridgehead atoms. The van der Waals surface area contributed by atoms with Crippen LogP contribution in [0.1, 0.15) is 42.6 Å². The van der Waals surface area contributed by atoms with Crippen molar-refractivity contribution >= 4 is 5.57 Å². The van der Waals surface area contributed by atoms with Gasteiger partial charge in [-0.25, -0.2) is 0 Å². The van der Waals surface area contributed by atoms with Crippen LogP contribution >= 0.6 is 0 Å². The van der Waals surface area contributed by atoms with Crippen LogP contribution in [0.4, 0.5) is 13.2 Å². The average molecular weight is 286 g/mol. The van der Waals surface area contributed by atoms with Crippen LogP contribution in [0.15, 0.2) is 24.0 Å². The molecule has 0 amide bonds. The molecule has 1 aromatic carbocycles. The number of halogens is 3. The quantitative estimate of drug-likeness (QED) is 0.807. The normalized spacial score (nSPS) is 18.4. The molecular weight excluding hydrogens is 269 g/mol. The van der Waals surface area contributed by atoms with Crippen LogP contribution in [0.2, 0.25) is 0 Å². The van der Waals surface area contributed by atoms with E-state index in [-0.39, 0.29) is 0 Å². The predicted molar refractivity (Wildman–Crippen MR) is 70.0 cm³/mol. The van der Waals surface area contributed by atoms with E-state index in [2.05, 4.69) is 0 Å². The maximum atomic E-state index is 12.8. The van der Waals surface area contributed by atoms with Gasteiger partial charge >= 0.3 is 6.18 Å². The lowest BCUT2D eigenvalue weighted by molar-refractivity contribution is -0.137. The Balaban J connectivity index is 2.57. The summed E-state index contributed by atoms with van der Waals surface area (Å²) in [5.74, 6) is 0.615. The molecule has 0 spiro atoms. The van der Waals surface area contributed by atoms with E-state index >= 15 is 0 Å². The van der Waals surface area contributed by atoms with E-state index in [1.807, 2.05) is 6.92 Å². The molecule has 0 aliphatic heterocycles. The monoisotopic (exact) mass is 286 g/mol. The van der Waals surface area contributed by atoms with Gasteiger partial charge < -0.3 is 9.47 Å². The lowest BCUT2D eigenvalue weighted by Gasteiger charge is -2.14. The van der Waals surface area contributed by atoms with Crippen LogP contribution in [-0.2, 0) is 15.7 Å². The minimum absolute atomic E-state index is 0.418. The lowest BCUT2D eigenvalue weighted by atomic mass is 9.99. The summed E-state index contributed by atoms with van der Waals surface area (Å²) in [6.07, 6.45) is -3.27. The molecule has 0 aromatic heterocycles. The molecule has 1 aromatic rings. The molecule has 0 radical (unpaired) electrons. The Morgan fingerprint density at radius 1 is 1.20 bits per heavy atom. The highest BCUT2D eigenvalue weighted by atomic mass is 19.4. The number of alkyl halides is 3. The van der Waals surface area contributed by atoms with Gasteiger partial charge in [0.15, 0.2) is 0 Å². The van der Waals surface area contributed by atoms with Crippen molar-refractivity contribution in [2.75, 3.05) is 14.2 Å². The summed E-state index contributed by atoms with van der Waals surface area (Å²) in [5.41, 5.74) is 1.49. The highest BCUT2D eigenvalue weighted by Gasteiger charge is 2.36. The highest BCUT2D eigenvalue weighted by Crippen LogP contribution is 2.46. The number of ether oxygens (including phenoxy) is 2. The van der Waals surface area contributed by atoms with E-state index < -0.39 is 17.8 Å². The zero-order chi connectivity index (χ0) is 14.9. The van der Waals surface area contributed by atoms with Gasteiger partial charge in [-0.15, -0.1) is 0 Å². The summed E-state index contributed by atoms with van der Waals surface area (Å²) in [6, 6.07) is 3.76. The minimum Gasteiger partial charge on any atom is -0.498 e. The van der Waals surface area contributed by atoms with Gasteiger partial charge in [-0.2, -0.15) is 13.2 Å². The summed E-state index contributed by atoms with van der Waals surface area (Å²) in [7, 11) is 3.05. The lowest BCUT2D eigenvalue weighted by Crippen LogP contribution is -2.07. The Labute approximate surface area is 116 Å². The molecule has 2 rings (SSSR count). The molecule has 20 heavy (non-hydrogen) atoms. The van der Waals surface area contributed by atoms with Gasteiger partial charge in [-0.05, 0) is 29.7 Å². The predicted octanol–water partition coefficient (Wildman–Crippen LogP) is 4.56. The van der Waals surface area contributed by atoms with Crippen LogP contribution in [0.25, 0.3) is 5.57 Å². The van der Waals surface area contributed by atoms with Gasteiger partial charge in [0.2, 0.25) is 0 Å². The Hall–Kier alpha value is -1.49. The smallest absolute Gasteiger partial charge is 0.416 e. The van der Waals surface area contributed by atoms with Crippen LogP contribution < -0.4 is 0 Å².